The number of benzene rings is 1. The number of fused-ring (bicyclic) bond motifs is 2. The molecule has 0 spiro atoms. The van der Waals surface area contributed by atoms with Crippen molar-refractivity contribution in [2.75, 3.05) is 0 Å². The second-order valence-corrected chi connectivity index (χ2v) is 4.15. The van der Waals surface area contributed by atoms with E-state index < -0.39 is 22.6 Å². The fraction of sp³-hybridized carbons (Fsp3) is 0.0769. The Balaban J connectivity index is 2.73. The first kappa shape index (κ1) is 12.1. The van der Waals surface area contributed by atoms with Crippen molar-refractivity contribution >= 4 is 21.9 Å². The Hall–Kier alpha value is -2.96. The minimum Gasteiger partial charge on any atom is -0.504 e. The van der Waals surface area contributed by atoms with Gasteiger partial charge in [0.15, 0.2) is 11.3 Å². The number of hydrogen-bond donors (Lipinski definition) is 1. The Labute approximate surface area is 109 Å². The van der Waals surface area contributed by atoms with Crippen LogP contribution in [-0.2, 0) is 0 Å². The van der Waals surface area contributed by atoms with Gasteiger partial charge in [-0.1, -0.05) is 0 Å². The van der Waals surface area contributed by atoms with E-state index >= 15 is 0 Å². The number of aryl methyl sites for hydroxylation is 1. The quantitative estimate of drug-likeness (QED) is 0.640. The molecule has 0 aliphatic heterocycles. The molecule has 0 unspecified atom stereocenters. The third-order valence-corrected chi connectivity index (χ3v) is 2.85. The van der Waals surface area contributed by atoms with Gasteiger partial charge in [-0.3, -0.25) is 4.79 Å². The van der Waals surface area contributed by atoms with Crippen LogP contribution in [0.2, 0.25) is 0 Å². The van der Waals surface area contributed by atoms with Crippen LogP contribution in [-0.4, -0.2) is 10.1 Å². The molecule has 0 amide bonds. The number of nitrogens with zero attached hydrogens (tertiary/aromatic N) is 1. The number of rotatable bonds is 0. The van der Waals surface area contributed by atoms with Crippen molar-refractivity contribution in [1.29, 1.82) is 0 Å². The largest absolute Gasteiger partial charge is 0.504 e. The summed E-state index contributed by atoms with van der Waals surface area (Å²) in [5, 5.41) is 10.4. The van der Waals surface area contributed by atoms with E-state index in [9.17, 15) is 19.5 Å². The zero-order valence-electron chi connectivity index (χ0n) is 10.2. The summed E-state index contributed by atoms with van der Waals surface area (Å²) in [6, 6.07) is 2.99. The van der Waals surface area contributed by atoms with Crippen molar-refractivity contribution in [2.45, 2.75) is 6.92 Å². The molecule has 0 atom stereocenters. The second kappa shape index (κ2) is 4.02. The summed E-state index contributed by atoms with van der Waals surface area (Å²) in [4.78, 5) is 38.2. The molecule has 0 saturated carbocycles. The van der Waals surface area contributed by atoms with Crippen LogP contribution < -0.4 is 16.8 Å². The number of aromatic hydroxyl groups is 1. The van der Waals surface area contributed by atoms with Gasteiger partial charge in [0.05, 0.1) is 16.5 Å². The lowest BCUT2D eigenvalue weighted by molar-refractivity contribution is 0.455. The Morgan fingerprint density at radius 2 is 1.75 bits per heavy atom. The van der Waals surface area contributed by atoms with Crippen LogP contribution in [0.25, 0.3) is 21.9 Å². The number of phenols is 1. The van der Waals surface area contributed by atoms with Gasteiger partial charge in [0.1, 0.15) is 0 Å². The molecule has 2 aromatic heterocycles. The van der Waals surface area contributed by atoms with Crippen LogP contribution in [0, 0.1) is 6.92 Å². The van der Waals surface area contributed by atoms with Gasteiger partial charge < -0.3 is 13.9 Å². The molecule has 7 heteroatoms. The van der Waals surface area contributed by atoms with E-state index in [1.807, 2.05) is 0 Å². The molecule has 7 nitrogen and oxygen atoms in total. The third-order valence-electron chi connectivity index (χ3n) is 2.85. The summed E-state index contributed by atoms with van der Waals surface area (Å²) in [5.74, 6) is -0.457. The molecule has 3 rings (SSSR count). The summed E-state index contributed by atoms with van der Waals surface area (Å²) in [6.07, 6.45) is 0. The molecule has 20 heavy (non-hydrogen) atoms. The van der Waals surface area contributed by atoms with Gasteiger partial charge in [-0.15, -0.1) is 0 Å². The standard InChI is InChI=1S/C13H7NO6/c1-5-10-6(13(18)14-5)4-7-12(11(10)17)20-9(16)3-2-8(15)19-7/h2-4,17H,1H3. The SMILES string of the molecule is Cc1nc(=O)c2cc3oc(=O)ccc(=O)oc3c(O)c12. The highest BCUT2D eigenvalue weighted by molar-refractivity contribution is 6.01. The molecule has 3 aromatic rings. The number of phenolic OH excluding ortho intramolecular Hbond substituents is 1. The van der Waals surface area contributed by atoms with Gasteiger partial charge in [-0.25, -0.2) is 14.6 Å². The van der Waals surface area contributed by atoms with Crippen LogP contribution in [0.4, 0.5) is 0 Å². The van der Waals surface area contributed by atoms with Crippen LogP contribution >= 0.6 is 0 Å². The maximum atomic E-state index is 11.7. The number of hydrogen-bond acceptors (Lipinski definition) is 7. The molecule has 1 N–H and O–H groups in total. The molecule has 0 aliphatic carbocycles. The highest BCUT2D eigenvalue weighted by Crippen LogP contribution is 2.32. The fourth-order valence-electron chi connectivity index (χ4n) is 2.02. The minimum absolute atomic E-state index is 0.0900. The summed E-state index contributed by atoms with van der Waals surface area (Å²) in [5.41, 5.74) is -2.43. The van der Waals surface area contributed by atoms with Gasteiger partial charge in [0, 0.05) is 12.1 Å². The first-order valence-electron chi connectivity index (χ1n) is 5.59. The van der Waals surface area contributed by atoms with Gasteiger partial charge in [0.2, 0.25) is 5.58 Å². The van der Waals surface area contributed by atoms with E-state index in [4.69, 9.17) is 8.83 Å². The van der Waals surface area contributed by atoms with Gasteiger partial charge in [0.25, 0.3) is 5.56 Å². The minimum atomic E-state index is -0.836. The van der Waals surface area contributed by atoms with Crippen molar-refractivity contribution in [2.24, 2.45) is 0 Å². The zero-order chi connectivity index (χ0) is 14.4. The van der Waals surface area contributed by atoms with E-state index in [0.29, 0.717) is 5.69 Å². The zero-order valence-corrected chi connectivity index (χ0v) is 10.2. The molecule has 0 saturated heterocycles. The van der Waals surface area contributed by atoms with E-state index in [2.05, 4.69) is 4.98 Å². The average Bonchev–Trinajstić information content (AvgIpc) is 2.65. The summed E-state index contributed by atoms with van der Waals surface area (Å²) < 4.78 is 9.81. The molecule has 0 bridgehead atoms. The van der Waals surface area contributed by atoms with Crippen LogP contribution in [0.3, 0.4) is 0 Å². The van der Waals surface area contributed by atoms with E-state index in [1.165, 1.54) is 13.0 Å². The highest BCUT2D eigenvalue weighted by atomic mass is 16.4. The third kappa shape index (κ3) is 1.68. The molecule has 0 fully saturated rings. The molecular formula is C13H7NO6. The summed E-state index contributed by atoms with van der Waals surface area (Å²) in [7, 11) is 0. The maximum Gasteiger partial charge on any atom is 0.336 e. The monoisotopic (exact) mass is 273 g/mol. The summed E-state index contributed by atoms with van der Waals surface area (Å²) >= 11 is 0. The normalized spacial score (nSPS) is 11.1. The lowest BCUT2D eigenvalue weighted by Gasteiger charge is -1.98. The van der Waals surface area contributed by atoms with E-state index in [0.717, 1.165) is 12.1 Å². The molecular weight excluding hydrogens is 266 g/mol. The van der Waals surface area contributed by atoms with Crippen molar-refractivity contribution < 1.29 is 13.9 Å². The van der Waals surface area contributed by atoms with Crippen molar-refractivity contribution in [3.8, 4) is 5.75 Å². The van der Waals surface area contributed by atoms with Crippen molar-refractivity contribution in [3.63, 3.8) is 0 Å². The average molecular weight is 273 g/mol. The van der Waals surface area contributed by atoms with Crippen LogP contribution in [0.1, 0.15) is 5.69 Å². The molecule has 1 aromatic carbocycles. The molecule has 0 radical (unpaired) electrons. The Bertz CT molecular complexity index is 1030. The smallest absolute Gasteiger partial charge is 0.336 e. The molecule has 100 valence electrons. The van der Waals surface area contributed by atoms with Crippen LogP contribution in [0.15, 0.2) is 41.4 Å². The predicted octanol–water partition coefficient (Wildman–Crippen LogP) is 0.669. The van der Waals surface area contributed by atoms with Gasteiger partial charge >= 0.3 is 11.3 Å². The molecule has 2 heterocycles. The maximum absolute atomic E-state index is 11.7. The lowest BCUT2D eigenvalue weighted by Crippen LogP contribution is -2.01. The first-order valence-corrected chi connectivity index (χ1v) is 5.59. The van der Waals surface area contributed by atoms with E-state index in [-0.39, 0.29) is 21.9 Å². The van der Waals surface area contributed by atoms with Crippen LogP contribution in [0.5, 0.6) is 5.75 Å². The van der Waals surface area contributed by atoms with Gasteiger partial charge in [-0.05, 0) is 13.0 Å². The van der Waals surface area contributed by atoms with Crippen molar-refractivity contribution in [1.82, 2.24) is 4.98 Å². The topological polar surface area (TPSA) is 111 Å². The summed E-state index contributed by atoms with van der Waals surface area (Å²) in [6.45, 7) is 1.53. The first-order chi connectivity index (χ1) is 9.47. The predicted molar refractivity (Wildman–Crippen MR) is 69.0 cm³/mol. The molecule has 0 aliphatic rings. The van der Waals surface area contributed by atoms with Crippen molar-refractivity contribution in [3.05, 3.63) is 55.1 Å². The van der Waals surface area contributed by atoms with Gasteiger partial charge in [-0.2, -0.15) is 0 Å². The number of aromatic nitrogens is 1. The highest BCUT2D eigenvalue weighted by Gasteiger charge is 2.17. The Morgan fingerprint density at radius 3 is 2.45 bits per heavy atom. The fourth-order valence-corrected chi connectivity index (χ4v) is 2.02. The lowest BCUT2D eigenvalue weighted by atomic mass is 10.1. The second-order valence-electron chi connectivity index (χ2n) is 4.15. The Morgan fingerprint density at radius 1 is 1.10 bits per heavy atom. The van der Waals surface area contributed by atoms with E-state index in [1.54, 1.807) is 0 Å². The Kier molecular flexibility index (Phi) is 2.43.